The summed E-state index contributed by atoms with van der Waals surface area (Å²) in [7, 11) is 0. The highest BCUT2D eigenvalue weighted by atomic mass is 16.2. The molecule has 0 spiro atoms. The van der Waals surface area contributed by atoms with E-state index in [2.05, 4.69) is 48.7 Å². The highest BCUT2D eigenvalue weighted by Crippen LogP contribution is 2.24. The van der Waals surface area contributed by atoms with Gasteiger partial charge in [-0.15, -0.1) is 0 Å². The van der Waals surface area contributed by atoms with Crippen molar-refractivity contribution in [2.75, 3.05) is 10.6 Å². The topological polar surface area (TPSA) is 41.1 Å². The smallest absolute Gasteiger partial charge is 0.307 e. The fourth-order valence-electron chi connectivity index (χ4n) is 3.01. The monoisotopic (exact) mass is 296 g/mol. The van der Waals surface area contributed by atoms with Crippen molar-refractivity contribution in [1.82, 2.24) is 0 Å². The van der Waals surface area contributed by atoms with Crippen LogP contribution in [0.15, 0.2) is 24.3 Å². The average molecular weight is 296 g/mol. The minimum atomic E-state index is -0.204. The maximum Gasteiger partial charge on any atom is 0.323 e. The van der Waals surface area contributed by atoms with Crippen molar-refractivity contribution < 1.29 is 4.79 Å². The van der Waals surface area contributed by atoms with Gasteiger partial charge in [0.2, 0.25) is 0 Å². The lowest BCUT2D eigenvalue weighted by molar-refractivity contribution is 0.262. The summed E-state index contributed by atoms with van der Waals surface area (Å²) in [6.45, 7) is 12.2. The molecule has 0 saturated heterocycles. The van der Waals surface area contributed by atoms with Crippen LogP contribution in [0.25, 0.3) is 0 Å². The van der Waals surface area contributed by atoms with Gasteiger partial charge in [-0.1, -0.05) is 35.4 Å². The van der Waals surface area contributed by atoms with Crippen molar-refractivity contribution in [3.05, 3.63) is 57.6 Å². The molecule has 0 saturated carbocycles. The van der Waals surface area contributed by atoms with E-state index >= 15 is 0 Å². The summed E-state index contributed by atoms with van der Waals surface area (Å²) in [5, 5.41) is 5.95. The molecule has 3 heteroatoms. The third-order valence-corrected chi connectivity index (χ3v) is 3.83. The molecular formula is C19H24N2O. The number of nitrogens with one attached hydrogen (secondary N) is 2. The van der Waals surface area contributed by atoms with E-state index in [1.54, 1.807) is 0 Å². The second-order valence-electron chi connectivity index (χ2n) is 6.13. The molecular weight excluding hydrogens is 272 g/mol. The van der Waals surface area contributed by atoms with Gasteiger partial charge >= 0.3 is 6.03 Å². The first kappa shape index (κ1) is 16.1. The van der Waals surface area contributed by atoms with Crippen molar-refractivity contribution >= 4 is 17.4 Å². The van der Waals surface area contributed by atoms with E-state index in [1.807, 2.05) is 27.7 Å². The lowest BCUT2D eigenvalue weighted by atomic mass is 10.0. The summed E-state index contributed by atoms with van der Waals surface area (Å²) in [6.07, 6.45) is 0. The van der Waals surface area contributed by atoms with Crippen LogP contribution in [0.2, 0.25) is 0 Å². The predicted octanol–water partition coefficient (Wildman–Crippen LogP) is 5.18. The van der Waals surface area contributed by atoms with Crippen molar-refractivity contribution in [3.63, 3.8) is 0 Å². The van der Waals surface area contributed by atoms with Crippen LogP contribution in [0, 0.1) is 41.5 Å². The zero-order valence-corrected chi connectivity index (χ0v) is 14.2. The summed E-state index contributed by atoms with van der Waals surface area (Å²) in [6, 6.07) is 8.09. The van der Waals surface area contributed by atoms with Crippen LogP contribution < -0.4 is 10.6 Å². The molecule has 0 heterocycles. The Labute approximate surface area is 132 Å². The molecule has 2 amide bonds. The molecule has 0 aliphatic carbocycles. The Hall–Kier alpha value is -2.29. The lowest BCUT2D eigenvalue weighted by Gasteiger charge is -2.16. The zero-order chi connectivity index (χ0) is 16.4. The summed E-state index contributed by atoms with van der Waals surface area (Å²) in [5.74, 6) is 0. The number of aryl methyl sites for hydroxylation is 6. The third-order valence-electron chi connectivity index (χ3n) is 3.83. The van der Waals surface area contributed by atoms with E-state index in [-0.39, 0.29) is 6.03 Å². The maximum absolute atomic E-state index is 12.3. The van der Waals surface area contributed by atoms with Gasteiger partial charge in [-0.05, 0) is 63.8 Å². The van der Waals surface area contributed by atoms with Crippen molar-refractivity contribution in [2.24, 2.45) is 0 Å². The Morgan fingerprint density at radius 2 is 0.909 bits per heavy atom. The first-order valence-electron chi connectivity index (χ1n) is 7.51. The van der Waals surface area contributed by atoms with Gasteiger partial charge in [0, 0.05) is 11.4 Å². The van der Waals surface area contributed by atoms with Gasteiger partial charge in [0.05, 0.1) is 0 Å². The Morgan fingerprint density at radius 1 is 0.636 bits per heavy atom. The fraction of sp³-hybridized carbons (Fsp3) is 0.316. The van der Waals surface area contributed by atoms with Crippen molar-refractivity contribution in [2.45, 2.75) is 41.5 Å². The molecule has 0 bridgehead atoms. The summed E-state index contributed by atoms with van der Waals surface area (Å²) in [5.41, 5.74) is 8.46. The largest absolute Gasteiger partial charge is 0.323 e. The lowest BCUT2D eigenvalue weighted by Crippen LogP contribution is -2.21. The van der Waals surface area contributed by atoms with Gasteiger partial charge in [-0.3, -0.25) is 0 Å². The van der Waals surface area contributed by atoms with Crippen molar-refractivity contribution in [1.29, 1.82) is 0 Å². The Morgan fingerprint density at radius 3 is 1.18 bits per heavy atom. The predicted molar refractivity (Wildman–Crippen MR) is 93.9 cm³/mol. The number of hydrogen-bond donors (Lipinski definition) is 2. The molecule has 0 aliphatic rings. The van der Waals surface area contributed by atoms with Gasteiger partial charge in [0.1, 0.15) is 0 Å². The molecule has 2 aromatic carbocycles. The van der Waals surface area contributed by atoms with E-state index < -0.39 is 0 Å². The third kappa shape index (κ3) is 3.48. The van der Waals surface area contributed by atoms with Crippen LogP contribution in [0.1, 0.15) is 33.4 Å². The number of benzene rings is 2. The highest BCUT2D eigenvalue weighted by Gasteiger charge is 2.11. The standard InChI is InChI=1S/C19H24N2O/c1-11-7-13(3)17(14(4)8-11)20-19(22)21-18-15(5)9-12(2)10-16(18)6/h7-10H,1-6H3,(H2,20,21,22). The maximum atomic E-state index is 12.3. The van der Waals surface area contributed by atoms with Crippen molar-refractivity contribution in [3.8, 4) is 0 Å². The van der Waals surface area contributed by atoms with Crippen LogP contribution in [-0.2, 0) is 0 Å². The Balaban J connectivity index is 2.22. The van der Waals surface area contributed by atoms with Crippen LogP contribution in [-0.4, -0.2) is 6.03 Å². The minimum Gasteiger partial charge on any atom is -0.307 e. The Bertz CT molecular complexity index is 625. The van der Waals surface area contributed by atoms with Gasteiger partial charge in [0.25, 0.3) is 0 Å². The minimum absolute atomic E-state index is 0.204. The Kier molecular flexibility index (Phi) is 4.55. The number of carbonyl (C=O) groups is 1. The molecule has 0 fully saturated rings. The molecule has 0 aliphatic heterocycles. The fourth-order valence-corrected chi connectivity index (χ4v) is 3.01. The quantitative estimate of drug-likeness (QED) is 0.787. The number of hydrogen-bond acceptors (Lipinski definition) is 1. The molecule has 0 unspecified atom stereocenters. The molecule has 2 rings (SSSR count). The molecule has 2 aromatic rings. The number of anilines is 2. The summed E-state index contributed by atoms with van der Waals surface area (Å²) < 4.78 is 0. The van der Waals surface area contributed by atoms with E-state index in [9.17, 15) is 4.79 Å². The molecule has 116 valence electrons. The normalized spacial score (nSPS) is 10.5. The first-order chi connectivity index (χ1) is 10.3. The van der Waals surface area contributed by atoms with Gasteiger partial charge in [0.15, 0.2) is 0 Å². The van der Waals surface area contributed by atoms with Crippen LogP contribution in [0.3, 0.4) is 0 Å². The van der Waals surface area contributed by atoms with Gasteiger partial charge in [-0.25, -0.2) is 4.79 Å². The zero-order valence-electron chi connectivity index (χ0n) is 14.2. The van der Waals surface area contributed by atoms with Gasteiger partial charge < -0.3 is 10.6 Å². The number of urea groups is 1. The molecule has 3 nitrogen and oxygen atoms in total. The second-order valence-corrected chi connectivity index (χ2v) is 6.13. The van der Waals surface area contributed by atoms with E-state index in [4.69, 9.17) is 0 Å². The van der Waals surface area contributed by atoms with E-state index in [1.165, 1.54) is 11.1 Å². The van der Waals surface area contributed by atoms with Crippen LogP contribution in [0.4, 0.5) is 16.2 Å². The molecule has 0 radical (unpaired) electrons. The van der Waals surface area contributed by atoms with E-state index in [0.717, 1.165) is 33.6 Å². The molecule has 22 heavy (non-hydrogen) atoms. The molecule has 0 atom stereocenters. The van der Waals surface area contributed by atoms with E-state index in [0.29, 0.717) is 0 Å². The summed E-state index contributed by atoms with van der Waals surface area (Å²) >= 11 is 0. The SMILES string of the molecule is Cc1cc(C)c(NC(=O)Nc2c(C)cc(C)cc2C)c(C)c1. The number of carbonyl (C=O) groups excluding carboxylic acids is 1. The van der Waals surface area contributed by atoms with Crippen LogP contribution in [0.5, 0.6) is 0 Å². The average Bonchev–Trinajstić information content (AvgIpc) is 2.38. The van der Waals surface area contributed by atoms with Gasteiger partial charge in [-0.2, -0.15) is 0 Å². The first-order valence-corrected chi connectivity index (χ1v) is 7.51. The summed E-state index contributed by atoms with van der Waals surface area (Å²) in [4.78, 5) is 12.3. The number of rotatable bonds is 2. The number of amides is 2. The molecule has 0 aromatic heterocycles. The molecule has 2 N–H and O–H groups in total. The highest BCUT2D eigenvalue weighted by molar-refractivity contribution is 6.01. The van der Waals surface area contributed by atoms with Crippen LogP contribution >= 0.6 is 0 Å². The second kappa shape index (κ2) is 6.22.